The lowest BCUT2D eigenvalue weighted by molar-refractivity contribution is 0.102. The normalized spacial score (nSPS) is 17.5. The Balaban J connectivity index is 1.10. The zero-order chi connectivity index (χ0) is 25.9. The van der Waals surface area contributed by atoms with Crippen LogP contribution in [0.25, 0.3) is 11.3 Å². The number of aromatic nitrogens is 4. The molecule has 1 fully saturated rings. The van der Waals surface area contributed by atoms with Crippen molar-refractivity contribution in [1.82, 2.24) is 24.9 Å². The van der Waals surface area contributed by atoms with Crippen molar-refractivity contribution >= 4 is 22.4 Å². The van der Waals surface area contributed by atoms with E-state index in [1.807, 2.05) is 42.6 Å². The first kappa shape index (κ1) is 24.5. The fourth-order valence-corrected chi connectivity index (χ4v) is 6.47. The van der Waals surface area contributed by atoms with Gasteiger partial charge in [0.15, 0.2) is 5.13 Å². The number of nitrogens with one attached hydrogen (secondary N) is 1. The molecular weight excluding hydrogens is 494 g/mol. The highest BCUT2D eigenvalue weighted by atomic mass is 32.1. The predicted octanol–water partition coefficient (Wildman–Crippen LogP) is 4.92. The highest BCUT2D eigenvalue weighted by Gasteiger charge is 2.28. The Kier molecular flexibility index (Phi) is 6.99. The predicted molar refractivity (Wildman–Crippen MR) is 147 cm³/mol. The van der Waals surface area contributed by atoms with Crippen molar-refractivity contribution in [3.05, 3.63) is 82.0 Å². The zero-order valence-electron chi connectivity index (χ0n) is 21.1. The van der Waals surface area contributed by atoms with Gasteiger partial charge in [0.25, 0.3) is 5.91 Å². The molecule has 38 heavy (non-hydrogen) atoms. The van der Waals surface area contributed by atoms with Crippen molar-refractivity contribution in [2.75, 3.05) is 18.4 Å². The average Bonchev–Trinajstić information content (AvgIpc) is 3.60. The Bertz CT molecular complexity index is 1480. The quantitative estimate of drug-likeness (QED) is 0.385. The van der Waals surface area contributed by atoms with Crippen molar-refractivity contribution in [3.63, 3.8) is 0 Å². The van der Waals surface area contributed by atoms with E-state index >= 15 is 0 Å². The number of nitriles is 1. The summed E-state index contributed by atoms with van der Waals surface area (Å²) in [5.41, 5.74) is 4.94. The highest BCUT2D eigenvalue weighted by Crippen LogP contribution is 2.32. The number of rotatable bonds is 6. The number of hydrogen-bond donors (Lipinski definition) is 1. The SMILES string of the molecule is N#Cc1ccc(-c2cn(Cc3cccc(C(=O)Nc4nc5c(s4)C[C@@H](N4CCCCC4)CC5)c3)nn2)cc1. The van der Waals surface area contributed by atoms with E-state index in [2.05, 4.69) is 26.6 Å². The smallest absolute Gasteiger partial charge is 0.257 e. The number of piperidine rings is 1. The standard InChI is InChI=1S/C29H29N7OS/c30-17-20-7-9-22(10-8-20)26-19-36(34-33-26)18-21-5-4-6-23(15-21)28(37)32-29-31-25-12-11-24(16-27(25)38-29)35-13-2-1-3-14-35/h4-10,15,19,24H,1-3,11-14,16,18H2,(H,31,32,37)/t24-/m0/s1. The van der Waals surface area contributed by atoms with Crippen molar-refractivity contribution in [1.29, 1.82) is 5.26 Å². The molecule has 4 aromatic rings. The van der Waals surface area contributed by atoms with E-state index < -0.39 is 0 Å². The van der Waals surface area contributed by atoms with Gasteiger partial charge in [0, 0.05) is 22.0 Å². The molecule has 6 rings (SSSR count). The van der Waals surface area contributed by atoms with Gasteiger partial charge in [0.05, 0.1) is 30.1 Å². The molecule has 1 saturated heterocycles. The molecular formula is C29H29N7OS. The Morgan fingerprint density at radius 1 is 1.13 bits per heavy atom. The molecule has 0 spiro atoms. The van der Waals surface area contributed by atoms with Crippen molar-refractivity contribution < 1.29 is 4.79 Å². The molecule has 1 N–H and O–H groups in total. The second-order valence-corrected chi connectivity index (χ2v) is 11.1. The molecule has 3 heterocycles. The third-order valence-electron chi connectivity index (χ3n) is 7.42. The lowest BCUT2D eigenvalue weighted by atomic mass is 9.94. The number of anilines is 1. The number of likely N-dealkylation sites (tertiary alicyclic amines) is 1. The van der Waals surface area contributed by atoms with Gasteiger partial charge < -0.3 is 4.90 Å². The van der Waals surface area contributed by atoms with Crippen LogP contribution in [0.3, 0.4) is 0 Å². The van der Waals surface area contributed by atoms with E-state index in [-0.39, 0.29) is 5.91 Å². The number of carbonyl (C=O) groups excluding carboxylic acids is 1. The molecule has 0 saturated carbocycles. The molecule has 1 aliphatic carbocycles. The molecule has 2 aromatic carbocycles. The van der Waals surface area contributed by atoms with Gasteiger partial charge in [0.2, 0.25) is 0 Å². The van der Waals surface area contributed by atoms with Gasteiger partial charge in [-0.2, -0.15) is 5.26 Å². The first-order chi connectivity index (χ1) is 18.6. The van der Waals surface area contributed by atoms with Crippen molar-refractivity contribution in [2.45, 2.75) is 51.1 Å². The van der Waals surface area contributed by atoms with Crippen LogP contribution in [0.1, 0.15) is 57.7 Å². The third kappa shape index (κ3) is 5.37. The summed E-state index contributed by atoms with van der Waals surface area (Å²) in [6, 6.07) is 17.6. The summed E-state index contributed by atoms with van der Waals surface area (Å²) in [6.07, 6.45) is 9.02. The van der Waals surface area contributed by atoms with Crippen LogP contribution >= 0.6 is 11.3 Å². The number of thiazole rings is 1. The summed E-state index contributed by atoms with van der Waals surface area (Å²) in [5.74, 6) is -0.151. The maximum Gasteiger partial charge on any atom is 0.257 e. The van der Waals surface area contributed by atoms with Crippen LogP contribution in [-0.2, 0) is 19.4 Å². The van der Waals surface area contributed by atoms with Crippen molar-refractivity contribution in [2.24, 2.45) is 0 Å². The fraction of sp³-hybridized carbons (Fsp3) is 0.345. The summed E-state index contributed by atoms with van der Waals surface area (Å²) in [6.45, 7) is 2.92. The molecule has 192 valence electrons. The summed E-state index contributed by atoms with van der Waals surface area (Å²) >= 11 is 1.63. The van der Waals surface area contributed by atoms with Gasteiger partial charge in [-0.05, 0) is 75.0 Å². The number of fused-ring (bicyclic) bond motifs is 1. The molecule has 0 bridgehead atoms. The van der Waals surface area contributed by atoms with Crippen LogP contribution in [0.15, 0.2) is 54.7 Å². The van der Waals surface area contributed by atoms with E-state index in [4.69, 9.17) is 10.2 Å². The minimum Gasteiger partial charge on any atom is -0.300 e. The van der Waals surface area contributed by atoms with Crippen LogP contribution < -0.4 is 5.32 Å². The Labute approximate surface area is 225 Å². The van der Waals surface area contributed by atoms with Crippen LogP contribution in [0.2, 0.25) is 0 Å². The van der Waals surface area contributed by atoms with E-state index in [9.17, 15) is 4.79 Å². The first-order valence-electron chi connectivity index (χ1n) is 13.2. The second kappa shape index (κ2) is 10.9. The summed E-state index contributed by atoms with van der Waals surface area (Å²) in [7, 11) is 0. The molecule has 1 amide bonds. The lowest BCUT2D eigenvalue weighted by Gasteiger charge is -2.36. The monoisotopic (exact) mass is 523 g/mol. The first-order valence-corrected chi connectivity index (χ1v) is 14.0. The molecule has 8 nitrogen and oxygen atoms in total. The number of carbonyl (C=O) groups is 1. The van der Waals surface area contributed by atoms with Crippen LogP contribution in [-0.4, -0.2) is 49.9 Å². The van der Waals surface area contributed by atoms with Crippen LogP contribution in [0.5, 0.6) is 0 Å². The van der Waals surface area contributed by atoms with E-state index in [1.165, 1.54) is 37.2 Å². The highest BCUT2D eigenvalue weighted by molar-refractivity contribution is 7.15. The van der Waals surface area contributed by atoms with Gasteiger partial charge >= 0.3 is 0 Å². The minimum absolute atomic E-state index is 0.151. The number of aryl methyl sites for hydroxylation is 1. The molecule has 0 radical (unpaired) electrons. The number of hydrogen-bond acceptors (Lipinski definition) is 7. The maximum atomic E-state index is 13.1. The molecule has 1 atom stereocenters. The van der Waals surface area contributed by atoms with Gasteiger partial charge in [-0.25, -0.2) is 9.67 Å². The van der Waals surface area contributed by atoms with Gasteiger partial charge in [0.1, 0.15) is 5.69 Å². The Morgan fingerprint density at radius 3 is 2.79 bits per heavy atom. The number of nitrogens with zero attached hydrogens (tertiary/aromatic N) is 6. The Morgan fingerprint density at radius 2 is 1.97 bits per heavy atom. The van der Waals surface area contributed by atoms with E-state index in [0.717, 1.165) is 41.8 Å². The number of benzene rings is 2. The van der Waals surface area contributed by atoms with Gasteiger partial charge in [-0.1, -0.05) is 35.9 Å². The third-order valence-corrected chi connectivity index (χ3v) is 8.46. The van der Waals surface area contributed by atoms with Gasteiger partial charge in [-0.15, -0.1) is 16.4 Å². The molecule has 2 aliphatic rings. The second-order valence-electron chi connectivity index (χ2n) is 10.0. The molecule has 1 aliphatic heterocycles. The maximum absolute atomic E-state index is 13.1. The molecule has 9 heteroatoms. The molecule has 0 unspecified atom stereocenters. The average molecular weight is 524 g/mol. The van der Waals surface area contributed by atoms with Crippen LogP contribution in [0, 0.1) is 11.3 Å². The van der Waals surface area contributed by atoms with E-state index in [1.54, 1.807) is 28.2 Å². The lowest BCUT2D eigenvalue weighted by Crippen LogP contribution is -2.42. The fourth-order valence-electron chi connectivity index (χ4n) is 5.40. The summed E-state index contributed by atoms with van der Waals surface area (Å²) in [4.78, 5) is 21.8. The molecule has 2 aromatic heterocycles. The summed E-state index contributed by atoms with van der Waals surface area (Å²) < 4.78 is 1.75. The Hall–Kier alpha value is -3.87. The number of amides is 1. The zero-order valence-corrected chi connectivity index (χ0v) is 22.0. The van der Waals surface area contributed by atoms with Crippen molar-refractivity contribution in [3.8, 4) is 17.3 Å². The van der Waals surface area contributed by atoms with E-state index in [0.29, 0.717) is 28.8 Å². The summed E-state index contributed by atoms with van der Waals surface area (Å²) in [5, 5.41) is 21.2. The minimum atomic E-state index is -0.151. The largest absolute Gasteiger partial charge is 0.300 e. The van der Waals surface area contributed by atoms with Gasteiger partial charge in [-0.3, -0.25) is 10.1 Å². The van der Waals surface area contributed by atoms with Crippen LogP contribution in [0.4, 0.5) is 5.13 Å². The topological polar surface area (TPSA) is 99.7 Å².